The molecule has 0 saturated heterocycles. The Labute approximate surface area is 129 Å². The second-order valence-corrected chi connectivity index (χ2v) is 4.57. The third kappa shape index (κ3) is 4.12. The van der Waals surface area contributed by atoms with Gasteiger partial charge in [-0.15, -0.1) is 0 Å². The molecule has 0 spiro atoms. The molecule has 0 aliphatic rings. The number of nitrogens with one attached hydrogen (secondary N) is 1. The first kappa shape index (κ1) is 16.6. The number of rotatable bonds is 5. The summed E-state index contributed by atoms with van der Waals surface area (Å²) < 4.78 is 43.2. The molecule has 8 heteroatoms. The summed E-state index contributed by atoms with van der Waals surface area (Å²) in [6, 6.07) is 8.89. The fraction of sp³-hybridized carbons (Fsp3) is 0.200. The topological polar surface area (TPSA) is 64.4 Å². The lowest BCUT2D eigenvalue weighted by atomic mass is 10.1. The van der Waals surface area contributed by atoms with E-state index in [0.29, 0.717) is 24.1 Å². The average Bonchev–Trinajstić information content (AvgIpc) is 2.48. The van der Waals surface area contributed by atoms with Crippen LogP contribution in [0.2, 0.25) is 0 Å². The number of ether oxygens (including phenoxy) is 1. The van der Waals surface area contributed by atoms with Gasteiger partial charge in [0.15, 0.2) is 0 Å². The Morgan fingerprint density at radius 2 is 1.83 bits per heavy atom. The van der Waals surface area contributed by atoms with Gasteiger partial charge < -0.3 is 10.1 Å². The van der Waals surface area contributed by atoms with Gasteiger partial charge in [0.1, 0.15) is 11.4 Å². The predicted octanol–water partition coefficient (Wildman–Crippen LogP) is 4.76. The molecule has 0 amide bonds. The van der Waals surface area contributed by atoms with Gasteiger partial charge in [-0.05, 0) is 43.3 Å². The molecule has 0 fully saturated rings. The first-order valence-electron chi connectivity index (χ1n) is 6.67. The monoisotopic (exact) mass is 326 g/mol. The zero-order valence-electron chi connectivity index (χ0n) is 12.1. The highest BCUT2D eigenvalue weighted by Crippen LogP contribution is 2.36. The molecule has 0 atom stereocenters. The molecule has 122 valence electrons. The molecule has 2 aromatic rings. The Morgan fingerprint density at radius 1 is 1.17 bits per heavy atom. The number of nitro groups is 1. The van der Waals surface area contributed by atoms with E-state index in [1.807, 2.05) is 6.92 Å². The van der Waals surface area contributed by atoms with Crippen molar-refractivity contribution in [2.75, 3.05) is 11.9 Å². The van der Waals surface area contributed by atoms with Gasteiger partial charge >= 0.3 is 6.18 Å². The largest absolute Gasteiger partial charge is 0.494 e. The van der Waals surface area contributed by atoms with Crippen LogP contribution in [-0.2, 0) is 6.18 Å². The van der Waals surface area contributed by atoms with Crippen molar-refractivity contribution in [3.63, 3.8) is 0 Å². The van der Waals surface area contributed by atoms with Gasteiger partial charge in [0, 0.05) is 11.8 Å². The lowest BCUT2D eigenvalue weighted by molar-refractivity contribution is -0.384. The van der Waals surface area contributed by atoms with E-state index in [0.717, 1.165) is 12.1 Å². The number of halogens is 3. The molecule has 0 radical (unpaired) electrons. The fourth-order valence-corrected chi connectivity index (χ4v) is 1.92. The Balaban J connectivity index is 2.30. The molecule has 23 heavy (non-hydrogen) atoms. The first-order valence-corrected chi connectivity index (χ1v) is 6.67. The van der Waals surface area contributed by atoms with Crippen LogP contribution in [0.1, 0.15) is 12.5 Å². The number of hydrogen-bond acceptors (Lipinski definition) is 4. The number of nitro benzene ring substituents is 1. The molecule has 0 unspecified atom stereocenters. The second-order valence-electron chi connectivity index (χ2n) is 4.57. The maximum atomic E-state index is 12.6. The lowest BCUT2D eigenvalue weighted by Crippen LogP contribution is -2.06. The second kappa shape index (κ2) is 6.55. The fourth-order valence-electron chi connectivity index (χ4n) is 1.92. The molecule has 5 nitrogen and oxygen atoms in total. The van der Waals surface area contributed by atoms with E-state index in [-0.39, 0.29) is 5.69 Å². The maximum absolute atomic E-state index is 12.6. The van der Waals surface area contributed by atoms with Gasteiger partial charge in [0.25, 0.3) is 5.69 Å². The zero-order chi connectivity index (χ0) is 17.0. The standard InChI is InChI=1S/C15H13F3N2O3/c1-2-23-12-6-4-11(5-7-12)19-13-8-3-10(15(16,17)18)9-14(13)20(21)22/h3-9,19H,2H2,1H3. The molecule has 2 aromatic carbocycles. The maximum Gasteiger partial charge on any atom is 0.416 e. The van der Waals surface area contributed by atoms with Crippen molar-refractivity contribution < 1.29 is 22.8 Å². The van der Waals surface area contributed by atoms with Crippen LogP contribution in [0.15, 0.2) is 42.5 Å². The van der Waals surface area contributed by atoms with Crippen LogP contribution in [0.3, 0.4) is 0 Å². The third-order valence-electron chi connectivity index (χ3n) is 2.97. The van der Waals surface area contributed by atoms with Gasteiger partial charge in [-0.25, -0.2) is 0 Å². The van der Waals surface area contributed by atoms with Crippen molar-refractivity contribution in [1.29, 1.82) is 0 Å². The van der Waals surface area contributed by atoms with E-state index in [9.17, 15) is 23.3 Å². The van der Waals surface area contributed by atoms with Crippen molar-refractivity contribution in [3.8, 4) is 5.75 Å². The van der Waals surface area contributed by atoms with Gasteiger partial charge in [-0.3, -0.25) is 10.1 Å². The number of hydrogen-bond donors (Lipinski definition) is 1. The van der Waals surface area contributed by atoms with E-state index < -0.39 is 22.4 Å². The molecule has 0 aromatic heterocycles. The summed E-state index contributed by atoms with van der Waals surface area (Å²) in [4.78, 5) is 10.2. The minimum atomic E-state index is -4.64. The van der Waals surface area contributed by atoms with E-state index >= 15 is 0 Å². The highest BCUT2D eigenvalue weighted by Gasteiger charge is 2.33. The number of nitrogens with zero attached hydrogens (tertiary/aromatic N) is 1. The average molecular weight is 326 g/mol. The molecule has 2 rings (SSSR count). The Hall–Kier alpha value is -2.77. The summed E-state index contributed by atoms with van der Waals surface area (Å²) in [5.41, 5.74) is -1.24. The van der Waals surface area contributed by atoms with Crippen LogP contribution < -0.4 is 10.1 Å². The smallest absolute Gasteiger partial charge is 0.416 e. The van der Waals surface area contributed by atoms with E-state index in [1.165, 1.54) is 0 Å². The Bertz CT molecular complexity index is 700. The SMILES string of the molecule is CCOc1ccc(Nc2ccc(C(F)(F)F)cc2[N+](=O)[O-])cc1. The van der Waals surface area contributed by atoms with Crippen LogP contribution in [0.5, 0.6) is 5.75 Å². The van der Waals surface area contributed by atoms with Gasteiger partial charge in [0.05, 0.1) is 17.1 Å². The number of anilines is 2. The highest BCUT2D eigenvalue weighted by molar-refractivity contribution is 5.70. The minimum Gasteiger partial charge on any atom is -0.494 e. The highest BCUT2D eigenvalue weighted by atomic mass is 19.4. The summed E-state index contributed by atoms with van der Waals surface area (Å²) >= 11 is 0. The van der Waals surface area contributed by atoms with Crippen LogP contribution in [-0.4, -0.2) is 11.5 Å². The summed E-state index contributed by atoms with van der Waals surface area (Å²) in [6.45, 7) is 2.33. The summed E-state index contributed by atoms with van der Waals surface area (Å²) in [7, 11) is 0. The molecule has 0 aliphatic heterocycles. The minimum absolute atomic E-state index is 0.0211. The predicted molar refractivity (Wildman–Crippen MR) is 79.0 cm³/mol. The van der Waals surface area contributed by atoms with Gasteiger partial charge in [-0.1, -0.05) is 0 Å². The van der Waals surface area contributed by atoms with Crippen molar-refractivity contribution in [2.45, 2.75) is 13.1 Å². The molecular formula is C15H13F3N2O3. The van der Waals surface area contributed by atoms with Crippen molar-refractivity contribution in [3.05, 3.63) is 58.1 Å². The molecular weight excluding hydrogens is 313 g/mol. The first-order chi connectivity index (χ1) is 10.8. The van der Waals surface area contributed by atoms with Crippen LogP contribution in [0.25, 0.3) is 0 Å². The summed E-state index contributed by atoms with van der Waals surface area (Å²) in [5, 5.41) is 13.7. The Kier molecular flexibility index (Phi) is 4.73. The van der Waals surface area contributed by atoms with Gasteiger partial charge in [-0.2, -0.15) is 13.2 Å². The Morgan fingerprint density at radius 3 is 2.35 bits per heavy atom. The zero-order valence-corrected chi connectivity index (χ0v) is 12.1. The van der Waals surface area contributed by atoms with Crippen molar-refractivity contribution in [1.82, 2.24) is 0 Å². The summed E-state index contributed by atoms with van der Waals surface area (Å²) in [6.07, 6.45) is -4.64. The molecule has 0 aliphatic carbocycles. The number of benzene rings is 2. The van der Waals surface area contributed by atoms with E-state index in [4.69, 9.17) is 4.74 Å². The van der Waals surface area contributed by atoms with Crippen LogP contribution in [0.4, 0.5) is 30.2 Å². The lowest BCUT2D eigenvalue weighted by Gasteiger charge is -2.11. The number of alkyl halides is 3. The third-order valence-corrected chi connectivity index (χ3v) is 2.97. The summed E-state index contributed by atoms with van der Waals surface area (Å²) in [5.74, 6) is 0.625. The van der Waals surface area contributed by atoms with Crippen molar-refractivity contribution >= 4 is 17.1 Å². The van der Waals surface area contributed by atoms with Crippen LogP contribution in [0, 0.1) is 10.1 Å². The molecule has 1 N–H and O–H groups in total. The van der Waals surface area contributed by atoms with Crippen molar-refractivity contribution in [2.24, 2.45) is 0 Å². The molecule has 0 heterocycles. The molecule has 0 saturated carbocycles. The van der Waals surface area contributed by atoms with Crippen LogP contribution >= 0.6 is 0 Å². The van der Waals surface area contributed by atoms with E-state index in [1.54, 1.807) is 24.3 Å². The van der Waals surface area contributed by atoms with Gasteiger partial charge in [0.2, 0.25) is 0 Å². The quantitative estimate of drug-likeness (QED) is 0.636. The molecule has 0 bridgehead atoms. The normalized spacial score (nSPS) is 11.1. The van der Waals surface area contributed by atoms with E-state index in [2.05, 4.69) is 5.32 Å².